The molecular weight excluding hydrogens is 696 g/mol. The third-order valence-electron chi connectivity index (χ3n) is 10.6. The van der Waals surface area contributed by atoms with E-state index in [1.165, 1.54) is 148 Å². The van der Waals surface area contributed by atoms with Crippen molar-refractivity contribution >= 4 is 5.97 Å². The van der Waals surface area contributed by atoms with Crippen LogP contribution in [0.15, 0.2) is 24.3 Å². The van der Waals surface area contributed by atoms with Gasteiger partial charge in [-0.2, -0.15) is 0 Å². The molecule has 1 aliphatic rings. The number of allylic oxidation sites excluding steroid dienone is 4. The molecule has 55 heavy (non-hydrogen) atoms. The van der Waals surface area contributed by atoms with Gasteiger partial charge in [0.2, 0.25) is 0 Å². The Hall–Kier alpha value is -1.33. The third kappa shape index (κ3) is 29.5. The molecule has 0 spiro atoms. The third-order valence-corrected chi connectivity index (χ3v) is 10.6. The minimum Gasteiger partial charge on any atom is -0.457 e. The molecule has 6 atom stereocenters. The molecule has 1 rings (SSSR count). The van der Waals surface area contributed by atoms with Crippen molar-refractivity contribution in [2.24, 2.45) is 0 Å². The predicted octanol–water partition coefficient (Wildman–Crippen LogP) is 10.2. The van der Waals surface area contributed by atoms with Gasteiger partial charge in [-0.3, -0.25) is 4.79 Å². The highest BCUT2D eigenvalue weighted by Crippen LogP contribution is 2.22. The summed E-state index contributed by atoms with van der Waals surface area (Å²) in [5.74, 6) is -0.319. The van der Waals surface area contributed by atoms with Crippen molar-refractivity contribution in [2.75, 3.05) is 26.4 Å². The predicted molar refractivity (Wildman–Crippen MR) is 224 cm³/mol. The maximum absolute atomic E-state index is 12.8. The average molecular weight is 783 g/mol. The zero-order valence-corrected chi connectivity index (χ0v) is 35.4. The molecule has 1 aliphatic heterocycles. The summed E-state index contributed by atoms with van der Waals surface area (Å²) >= 11 is 0. The van der Waals surface area contributed by atoms with Crippen molar-refractivity contribution in [3.05, 3.63) is 24.3 Å². The lowest BCUT2D eigenvalue weighted by Gasteiger charge is -2.39. The Labute approximate surface area is 337 Å². The number of carbonyl (C=O) groups excluding carboxylic acids is 1. The Kier molecular flexibility index (Phi) is 35.9. The summed E-state index contributed by atoms with van der Waals surface area (Å²) < 4.78 is 22.8. The van der Waals surface area contributed by atoms with Crippen LogP contribution in [0.5, 0.6) is 0 Å². The van der Waals surface area contributed by atoms with E-state index in [1.807, 2.05) is 0 Å². The van der Waals surface area contributed by atoms with Gasteiger partial charge in [0.15, 0.2) is 6.29 Å². The summed E-state index contributed by atoms with van der Waals surface area (Å²) in [7, 11) is 0. The molecule has 0 amide bonds. The molecule has 9 heteroatoms. The van der Waals surface area contributed by atoms with E-state index in [1.54, 1.807) is 0 Å². The topological polar surface area (TPSA) is 135 Å². The summed E-state index contributed by atoms with van der Waals surface area (Å²) in [6.45, 7) is 4.54. The van der Waals surface area contributed by atoms with Gasteiger partial charge in [-0.05, 0) is 64.2 Å². The monoisotopic (exact) mass is 783 g/mol. The fourth-order valence-electron chi connectivity index (χ4n) is 6.95. The number of ether oxygens (including phenoxy) is 4. The molecule has 0 aromatic carbocycles. The summed E-state index contributed by atoms with van der Waals surface area (Å²) in [5, 5.41) is 40.1. The van der Waals surface area contributed by atoms with Gasteiger partial charge in [-0.15, -0.1) is 0 Å². The molecule has 0 aliphatic carbocycles. The Morgan fingerprint density at radius 2 is 1.00 bits per heavy atom. The standard InChI is InChI=1S/C46H86O9/c1-3-5-7-9-11-13-15-17-19-20-21-23-25-27-29-31-33-35-42(48)54-40(39-53-46-45(51)44(50)43(49)41(37-47)55-46)38-52-36-34-32-30-28-26-24-22-18-16-14-12-10-8-6-4-2/h16-19,40-41,43-47,49-51H,3-15,20-39H2,1-2H3/b18-16-,19-17-. The zero-order chi connectivity index (χ0) is 40.0. The van der Waals surface area contributed by atoms with E-state index < -0.39 is 43.4 Å². The first kappa shape index (κ1) is 51.7. The van der Waals surface area contributed by atoms with E-state index in [9.17, 15) is 25.2 Å². The molecule has 1 fully saturated rings. The summed E-state index contributed by atoms with van der Waals surface area (Å²) in [4.78, 5) is 12.8. The lowest BCUT2D eigenvalue weighted by atomic mass is 9.99. The van der Waals surface area contributed by atoms with Crippen LogP contribution in [0, 0.1) is 0 Å². The highest BCUT2D eigenvalue weighted by Gasteiger charge is 2.44. The number of rotatable bonds is 39. The van der Waals surface area contributed by atoms with Crippen LogP contribution in [0.4, 0.5) is 0 Å². The number of aliphatic hydroxyl groups is 4. The van der Waals surface area contributed by atoms with Gasteiger partial charge < -0.3 is 39.4 Å². The number of aliphatic hydroxyl groups excluding tert-OH is 4. The van der Waals surface area contributed by atoms with Crippen LogP contribution in [0.3, 0.4) is 0 Å². The van der Waals surface area contributed by atoms with Crippen LogP contribution in [0.2, 0.25) is 0 Å². The van der Waals surface area contributed by atoms with Gasteiger partial charge in [0.1, 0.15) is 30.5 Å². The number of unbranched alkanes of at least 4 members (excludes halogenated alkanes) is 24. The van der Waals surface area contributed by atoms with E-state index in [-0.39, 0.29) is 19.2 Å². The van der Waals surface area contributed by atoms with E-state index >= 15 is 0 Å². The van der Waals surface area contributed by atoms with Crippen molar-refractivity contribution in [2.45, 2.75) is 237 Å². The Bertz CT molecular complexity index is 895. The number of esters is 1. The fraction of sp³-hybridized carbons (Fsp3) is 0.891. The van der Waals surface area contributed by atoms with Gasteiger partial charge in [0.25, 0.3) is 0 Å². The lowest BCUT2D eigenvalue weighted by molar-refractivity contribution is -0.305. The van der Waals surface area contributed by atoms with Crippen molar-refractivity contribution in [3.8, 4) is 0 Å². The second-order valence-electron chi connectivity index (χ2n) is 15.8. The van der Waals surface area contributed by atoms with Crippen molar-refractivity contribution < 1.29 is 44.2 Å². The lowest BCUT2D eigenvalue weighted by Crippen LogP contribution is -2.59. The highest BCUT2D eigenvalue weighted by atomic mass is 16.7. The van der Waals surface area contributed by atoms with Crippen molar-refractivity contribution in [3.63, 3.8) is 0 Å². The maximum Gasteiger partial charge on any atom is 0.306 e. The number of hydrogen-bond donors (Lipinski definition) is 4. The first-order valence-corrected chi connectivity index (χ1v) is 22.9. The highest BCUT2D eigenvalue weighted by molar-refractivity contribution is 5.69. The molecule has 324 valence electrons. The van der Waals surface area contributed by atoms with E-state index in [0.29, 0.717) is 13.0 Å². The van der Waals surface area contributed by atoms with Crippen LogP contribution in [-0.2, 0) is 23.7 Å². The Morgan fingerprint density at radius 1 is 0.564 bits per heavy atom. The van der Waals surface area contributed by atoms with Crippen LogP contribution >= 0.6 is 0 Å². The van der Waals surface area contributed by atoms with Gasteiger partial charge in [0, 0.05) is 13.0 Å². The smallest absolute Gasteiger partial charge is 0.306 e. The minimum absolute atomic E-state index is 0.115. The fourth-order valence-corrected chi connectivity index (χ4v) is 6.95. The van der Waals surface area contributed by atoms with E-state index in [2.05, 4.69) is 38.2 Å². The van der Waals surface area contributed by atoms with Gasteiger partial charge in [0.05, 0.1) is 19.8 Å². The average Bonchev–Trinajstić information content (AvgIpc) is 3.18. The SMILES string of the molecule is CCCCCCC/C=C\CCCCCCCCOCC(COC1OC(CO)C(O)C(O)C1O)OC(=O)CCCCCCCCC/C=C\CCCCCCCC. The largest absolute Gasteiger partial charge is 0.457 e. The molecule has 4 N–H and O–H groups in total. The number of carbonyl (C=O) groups is 1. The van der Waals surface area contributed by atoms with Crippen LogP contribution in [-0.4, -0.2) is 89.6 Å². The van der Waals surface area contributed by atoms with E-state index in [0.717, 1.165) is 32.1 Å². The number of hydrogen-bond acceptors (Lipinski definition) is 9. The summed E-state index contributed by atoms with van der Waals surface area (Å²) in [5.41, 5.74) is 0. The molecule has 0 aromatic rings. The summed E-state index contributed by atoms with van der Waals surface area (Å²) in [6.07, 6.45) is 36.3. The molecule has 0 aromatic heterocycles. The second kappa shape index (κ2) is 38.2. The molecular formula is C46H86O9. The molecule has 6 unspecified atom stereocenters. The quantitative estimate of drug-likeness (QED) is 0.0273. The Morgan fingerprint density at radius 3 is 1.47 bits per heavy atom. The zero-order valence-electron chi connectivity index (χ0n) is 35.4. The Balaban J connectivity index is 2.26. The molecule has 0 radical (unpaired) electrons. The van der Waals surface area contributed by atoms with Crippen molar-refractivity contribution in [1.29, 1.82) is 0 Å². The first-order valence-electron chi connectivity index (χ1n) is 22.9. The van der Waals surface area contributed by atoms with Crippen LogP contribution in [0.1, 0.15) is 200 Å². The molecule has 0 saturated carbocycles. The molecule has 0 bridgehead atoms. The van der Waals surface area contributed by atoms with Gasteiger partial charge >= 0.3 is 5.97 Å². The van der Waals surface area contributed by atoms with E-state index in [4.69, 9.17) is 18.9 Å². The van der Waals surface area contributed by atoms with Crippen molar-refractivity contribution in [1.82, 2.24) is 0 Å². The van der Waals surface area contributed by atoms with Gasteiger partial charge in [-0.1, -0.05) is 154 Å². The van der Waals surface area contributed by atoms with Gasteiger partial charge in [-0.25, -0.2) is 0 Å². The maximum atomic E-state index is 12.8. The first-order chi connectivity index (χ1) is 26.9. The molecule has 9 nitrogen and oxygen atoms in total. The normalized spacial score (nSPS) is 20.9. The second-order valence-corrected chi connectivity index (χ2v) is 15.8. The van der Waals surface area contributed by atoms with Crippen LogP contribution in [0.25, 0.3) is 0 Å². The summed E-state index contributed by atoms with van der Waals surface area (Å²) in [6, 6.07) is 0. The van der Waals surface area contributed by atoms with Crippen LogP contribution < -0.4 is 0 Å². The minimum atomic E-state index is -1.54. The molecule has 1 heterocycles. The molecule has 1 saturated heterocycles.